The lowest BCUT2D eigenvalue weighted by Gasteiger charge is -2.20. The molecule has 0 aliphatic heterocycles. The molecule has 1 amide bonds. The van der Waals surface area contributed by atoms with Gasteiger partial charge in [0.2, 0.25) is 0 Å². The molecule has 12 heteroatoms. The summed E-state index contributed by atoms with van der Waals surface area (Å²) in [5.74, 6) is -0.850. The SMILES string of the molecule is Nc1nc(-c2nn(Cc3ccccc3F)c3ncccc23)nc(N)c1N(CCF)C(=O)O. The van der Waals surface area contributed by atoms with Gasteiger partial charge in [-0.2, -0.15) is 5.10 Å². The van der Waals surface area contributed by atoms with Gasteiger partial charge in [-0.15, -0.1) is 0 Å². The zero-order valence-corrected chi connectivity index (χ0v) is 16.6. The van der Waals surface area contributed by atoms with Gasteiger partial charge in [0, 0.05) is 11.8 Å². The number of rotatable bonds is 6. The molecule has 0 aliphatic carbocycles. The lowest BCUT2D eigenvalue weighted by Crippen LogP contribution is -2.33. The highest BCUT2D eigenvalue weighted by Crippen LogP contribution is 2.32. The Labute approximate surface area is 180 Å². The van der Waals surface area contributed by atoms with E-state index in [1.165, 1.54) is 10.7 Å². The van der Waals surface area contributed by atoms with Crippen LogP contribution < -0.4 is 16.4 Å². The molecular weight excluding hydrogens is 422 g/mol. The number of anilines is 3. The molecule has 3 aromatic heterocycles. The van der Waals surface area contributed by atoms with E-state index in [2.05, 4.69) is 20.1 Å². The highest BCUT2D eigenvalue weighted by Gasteiger charge is 2.24. The summed E-state index contributed by atoms with van der Waals surface area (Å²) >= 11 is 0. The molecular formula is C20H18F2N8O2. The Kier molecular flexibility index (Phi) is 5.50. The smallest absolute Gasteiger partial charge is 0.412 e. The maximum atomic E-state index is 14.2. The van der Waals surface area contributed by atoms with Gasteiger partial charge in [0.1, 0.15) is 23.9 Å². The Hall–Kier alpha value is -4.35. The van der Waals surface area contributed by atoms with Gasteiger partial charge in [-0.3, -0.25) is 4.90 Å². The summed E-state index contributed by atoms with van der Waals surface area (Å²) in [6.45, 7) is -1.31. The molecule has 0 aliphatic rings. The maximum Gasteiger partial charge on any atom is 0.412 e. The fourth-order valence-corrected chi connectivity index (χ4v) is 3.33. The van der Waals surface area contributed by atoms with Gasteiger partial charge in [0.25, 0.3) is 0 Å². The first-order valence-electron chi connectivity index (χ1n) is 9.45. The van der Waals surface area contributed by atoms with Gasteiger partial charge in [-0.05, 0) is 18.2 Å². The Bertz CT molecular complexity index is 1290. The third kappa shape index (κ3) is 3.73. The number of pyridine rings is 1. The van der Waals surface area contributed by atoms with Crippen molar-refractivity contribution in [3.63, 3.8) is 0 Å². The largest absolute Gasteiger partial charge is 0.465 e. The van der Waals surface area contributed by atoms with Gasteiger partial charge in [0.05, 0.1) is 18.5 Å². The lowest BCUT2D eigenvalue weighted by molar-refractivity contribution is 0.201. The predicted octanol–water partition coefficient (Wildman–Crippen LogP) is 2.69. The summed E-state index contributed by atoms with van der Waals surface area (Å²) in [6, 6.07) is 9.72. The summed E-state index contributed by atoms with van der Waals surface area (Å²) in [5, 5.41) is 14.4. The molecule has 4 aromatic rings. The molecule has 164 valence electrons. The van der Waals surface area contributed by atoms with Gasteiger partial charge >= 0.3 is 6.09 Å². The van der Waals surface area contributed by atoms with E-state index in [9.17, 15) is 18.7 Å². The maximum absolute atomic E-state index is 14.2. The van der Waals surface area contributed by atoms with Gasteiger partial charge < -0.3 is 16.6 Å². The minimum absolute atomic E-state index is 0.0274. The van der Waals surface area contributed by atoms with E-state index >= 15 is 0 Å². The molecule has 0 unspecified atom stereocenters. The molecule has 0 atom stereocenters. The van der Waals surface area contributed by atoms with Crippen molar-refractivity contribution in [2.24, 2.45) is 0 Å². The standard InChI is InChI=1S/C20H18F2N8O2/c21-7-9-29(20(31)32)15-16(23)26-18(27-17(15)24)14-12-5-3-8-25-19(12)30(28-14)10-11-4-1-2-6-13(11)22/h1-6,8H,7,9-10H2,(H,31,32)(H4,23,24,26,27). The minimum Gasteiger partial charge on any atom is -0.465 e. The Morgan fingerprint density at radius 3 is 2.50 bits per heavy atom. The van der Waals surface area contributed by atoms with Gasteiger partial charge in [0.15, 0.2) is 23.1 Å². The van der Waals surface area contributed by atoms with Crippen LogP contribution in [-0.4, -0.2) is 49.2 Å². The molecule has 10 nitrogen and oxygen atoms in total. The predicted molar refractivity (Wildman–Crippen MR) is 114 cm³/mol. The van der Waals surface area contributed by atoms with Crippen LogP contribution >= 0.6 is 0 Å². The summed E-state index contributed by atoms with van der Waals surface area (Å²) in [6.07, 6.45) is 0.126. The van der Waals surface area contributed by atoms with E-state index in [0.717, 1.165) is 0 Å². The van der Waals surface area contributed by atoms with E-state index in [1.54, 1.807) is 36.5 Å². The number of aromatic nitrogens is 5. The third-order valence-electron chi connectivity index (χ3n) is 4.74. The number of nitrogens with two attached hydrogens (primary N) is 2. The van der Waals surface area contributed by atoms with Crippen molar-refractivity contribution in [3.05, 3.63) is 54.0 Å². The van der Waals surface area contributed by atoms with Crippen LogP contribution in [0.4, 0.5) is 30.9 Å². The number of nitrogen functional groups attached to an aromatic ring is 2. The molecule has 32 heavy (non-hydrogen) atoms. The molecule has 0 saturated carbocycles. The van der Waals surface area contributed by atoms with Gasteiger partial charge in [-0.25, -0.2) is 33.2 Å². The van der Waals surface area contributed by atoms with E-state index in [0.29, 0.717) is 21.5 Å². The number of hydrogen-bond acceptors (Lipinski definition) is 7. The number of carboxylic acid groups (broad SMARTS) is 1. The van der Waals surface area contributed by atoms with Crippen LogP contribution in [0, 0.1) is 5.82 Å². The number of carbonyl (C=O) groups is 1. The Morgan fingerprint density at radius 2 is 1.84 bits per heavy atom. The van der Waals surface area contributed by atoms with E-state index < -0.39 is 19.3 Å². The topological polar surface area (TPSA) is 149 Å². The summed E-state index contributed by atoms with van der Waals surface area (Å²) in [4.78, 5) is 24.8. The van der Waals surface area contributed by atoms with Crippen LogP contribution in [0.5, 0.6) is 0 Å². The number of benzene rings is 1. The molecule has 3 heterocycles. The van der Waals surface area contributed by atoms with Crippen LogP contribution in [0.2, 0.25) is 0 Å². The molecule has 0 radical (unpaired) electrons. The summed E-state index contributed by atoms with van der Waals surface area (Å²) in [5.41, 5.74) is 12.9. The summed E-state index contributed by atoms with van der Waals surface area (Å²) in [7, 11) is 0. The van der Waals surface area contributed by atoms with Crippen molar-refractivity contribution in [3.8, 4) is 11.5 Å². The van der Waals surface area contributed by atoms with Crippen LogP contribution in [0.1, 0.15) is 5.56 Å². The monoisotopic (exact) mass is 440 g/mol. The van der Waals surface area contributed by atoms with E-state index in [4.69, 9.17) is 11.5 Å². The third-order valence-corrected chi connectivity index (χ3v) is 4.74. The molecule has 5 N–H and O–H groups in total. The normalized spacial score (nSPS) is 11.1. The summed E-state index contributed by atoms with van der Waals surface area (Å²) < 4.78 is 28.5. The lowest BCUT2D eigenvalue weighted by atomic mass is 10.2. The van der Waals surface area contributed by atoms with Crippen LogP contribution in [0.25, 0.3) is 22.6 Å². The highest BCUT2D eigenvalue weighted by molar-refractivity contribution is 5.95. The average Bonchev–Trinajstić information content (AvgIpc) is 3.13. The highest BCUT2D eigenvalue weighted by atomic mass is 19.1. The fraction of sp³-hybridized carbons (Fsp3) is 0.150. The van der Waals surface area contributed by atoms with E-state index in [-0.39, 0.29) is 41.2 Å². The molecule has 0 saturated heterocycles. The molecule has 1 aromatic carbocycles. The second-order valence-electron chi connectivity index (χ2n) is 6.76. The number of fused-ring (bicyclic) bond motifs is 1. The number of alkyl halides is 1. The minimum atomic E-state index is -1.44. The zero-order valence-electron chi connectivity index (χ0n) is 16.6. The number of amides is 1. The van der Waals surface area contributed by atoms with Crippen LogP contribution in [0.15, 0.2) is 42.6 Å². The van der Waals surface area contributed by atoms with Gasteiger partial charge in [-0.1, -0.05) is 18.2 Å². The number of nitrogens with zero attached hydrogens (tertiary/aromatic N) is 6. The Balaban J connectivity index is 1.82. The van der Waals surface area contributed by atoms with Crippen molar-refractivity contribution in [2.45, 2.75) is 6.54 Å². The molecule has 0 spiro atoms. The second-order valence-corrected chi connectivity index (χ2v) is 6.76. The average molecular weight is 440 g/mol. The first kappa shape index (κ1) is 20.9. The van der Waals surface area contributed by atoms with Crippen LogP contribution in [0.3, 0.4) is 0 Å². The second kappa shape index (κ2) is 8.41. The zero-order chi connectivity index (χ0) is 22.8. The molecule has 4 rings (SSSR count). The quantitative estimate of drug-likeness (QED) is 0.414. The first-order valence-corrected chi connectivity index (χ1v) is 9.45. The first-order chi connectivity index (χ1) is 15.4. The number of hydrogen-bond donors (Lipinski definition) is 3. The van der Waals surface area contributed by atoms with Crippen molar-refractivity contribution in [1.29, 1.82) is 0 Å². The molecule has 0 fully saturated rings. The Morgan fingerprint density at radius 1 is 1.12 bits per heavy atom. The van der Waals surface area contributed by atoms with Crippen molar-refractivity contribution < 1.29 is 18.7 Å². The van der Waals surface area contributed by atoms with Crippen molar-refractivity contribution in [1.82, 2.24) is 24.7 Å². The van der Waals surface area contributed by atoms with Crippen LogP contribution in [-0.2, 0) is 6.54 Å². The fourth-order valence-electron chi connectivity index (χ4n) is 3.33. The van der Waals surface area contributed by atoms with Crippen molar-refractivity contribution in [2.75, 3.05) is 29.6 Å². The molecule has 0 bridgehead atoms. The van der Waals surface area contributed by atoms with Crippen molar-refractivity contribution >= 4 is 34.4 Å². The number of halogens is 2. The van der Waals surface area contributed by atoms with E-state index in [1.807, 2.05) is 0 Å².